The van der Waals surface area contributed by atoms with E-state index in [1.54, 1.807) is 6.07 Å². The van der Waals surface area contributed by atoms with Gasteiger partial charge in [-0.2, -0.15) is 0 Å². The van der Waals surface area contributed by atoms with E-state index in [1.165, 1.54) is 6.07 Å². The van der Waals surface area contributed by atoms with Crippen LogP contribution in [-0.2, 0) is 6.42 Å². The van der Waals surface area contributed by atoms with E-state index < -0.39 is 0 Å². The van der Waals surface area contributed by atoms with E-state index >= 15 is 0 Å². The summed E-state index contributed by atoms with van der Waals surface area (Å²) < 4.78 is 5.35. The summed E-state index contributed by atoms with van der Waals surface area (Å²) in [5.41, 5.74) is 0.689. The van der Waals surface area contributed by atoms with Gasteiger partial charge in [-0.15, -0.1) is 0 Å². The molecule has 0 aliphatic carbocycles. The van der Waals surface area contributed by atoms with Gasteiger partial charge in [-0.1, -0.05) is 13.3 Å². The first kappa shape index (κ1) is 10.7. The number of ether oxygens (including phenoxy) is 1. The summed E-state index contributed by atoms with van der Waals surface area (Å²) in [6.45, 7) is 4.46. The summed E-state index contributed by atoms with van der Waals surface area (Å²) in [7, 11) is 0. The largest absolute Gasteiger partial charge is 0.504 e. The first-order valence-corrected chi connectivity index (χ1v) is 4.87. The van der Waals surface area contributed by atoms with E-state index in [1.807, 2.05) is 13.8 Å². The van der Waals surface area contributed by atoms with E-state index in [2.05, 4.69) is 0 Å². The lowest BCUT2D eigenvalue weighted by molar-refractivity contribution is 0.328. The lowest BCUT2D eigenvalue weighted by Gasteiger charge is -2.11. The molecule has 0 saturated carbocycles. The van der Waals surface area contributed by atoms with Crippen LogP contribution in [0.25, 0.3) is 0 Å². The molecule has 1 rings (SSSR count). The molecule has 78 valence electrons. The SMILES string of the molecule is CCCc1c(OCC)ccc(O)c1O. The van der Waals surface area contributed by atoms with Gasteiger partial charge in [0.25, 0.3) is 0 Å². The topological polar surface area (TPSA) is 49.7 Å². The number of hydrogen-bond acceptors (Lipinski definition) is 3. The van der Waals surface area contributed by atoms with Crippen molar-refractivity contribution in [3.63, 3.8) is 0 Å². The molecule has 0 heterocycles. The molecule has 3 heteroatoms. The maximum Gasteiger partial charge on any atom is 0.164 e. The molecule has 0 amide bonds. The fourth-order valence-electron chi connectivity index (χ4n) is 1.39. The molecule has 0 aromatic heterocycles. The van der Waals surface area contributed by atoms with Crippen LogP contribution in [0.15, 0.2) is 12.1 Å². The van der Waals surface area contributed by atoms with E-state index in [9.17, 15) is 10.2 Å². The minimum Gasteiger partial charge on any atom is -0.504 e. The molecule has 0 radical (unpaired) electrons. The summed E-state index contributed by atoms with van der Waals surface area (Å²) >= 11 is 0. The molecule has 3 nitrogen and oxygen atoms in total. The minimum atomic E-state index is -0.0862. The van der Waals surface area contributed by atoms with Gasteiger partial charge in [0.1, 0.15) is 5.75 Å². The smallest absolute Gasteiger partial charge is 0.164 e. The zero-order chi connectivity index (χ0) is 10.6. The average molecular weight is 196 g/mol. The van der Waals surface area contributed by atoms with Gasteiger partial charge in [0, 0.05) is 5.56 Å². The van der Waals surface area contributed by atoms with Crippen molar-refractivity contribution >= 4 is 0 Å². The molecule has 0 saturated heterocycles. The molecule has 14 heavy (non-hydrogen) atoms. The fraction of sp³-hybridized carbons (Fsp3) is 0.455. The number of phenolic OH excluding ortho intramolecular Hbond substituents is 2. The van der Waals surface area contributed by atoms with Crippen LogP contribution < -0.4 is 4.74 Å². The summed E-state index contributed by atoms with van der Waals surface area (Å²) in [4.78, 5) is 0. The summed E-state index contributed by atoms with van der Waals surface area (Å²) in [6.07, 6.45) is 1.60. The zero-order valence-electron chi connectivity index (χ0n) is 8.58. The predicted octanol–water partition coefficient (Wildman–Crippen LogP) is 2.45. The van der Waals surface area contributed by atoms with Crippen molar-refractivity contribution in [1.29, 1.82) is 0 Å². The Balaban J connectivity index is 3.08. The number of aromatic hydroxyl groups is 2. The molecule has 1 aromatic carbocycles. The van der Waals surface area contributed by atoms with Crippen LogP contribution in [0.5, 0.6) is 17.2 Å². The Morgan fingerprint density at radius 3 is 2.50 bits per heavy atom. The molecule has 0 fully saturated rings. The number of benzene rings is 1. The van der Waals surface area contributed by atoms with Crippen LogP contribution in [-0.4, -0.2) is 16.8 Å². The van der Waals surface area contributed by atoms with Crippen LogP contribution in [0.3, 0.4) is 0 Å². The van der Waals surface area contributed by atoms with Gasteiger partial charge in [0.05, 0.1) is 6.61 Å². The highest BCUT2D eigenvalue weighted by Gasteiger charge is 2.11. The van der Waals surface area contributed by atoms with Crippen LogP contribution >= 0.6 is 0 Å². The molecule has 2 N–H and O–H groups in total. The van der Waals surface area contributed by atoms with Gasteiger partial charge in [0.2, 0.25) is 0 Å². The zero-order valence-corrected chi connectivity index (χ0v) is 8.58. The van der Waals surface area contributed by atoms with E-state index in [0.717, 1.165) is 6.42 Å². The van der Waals surface area contributed by atoms with Crippen molar-refractivity contribution in [2.75, 3.05) is 6.61 Å². The maximum atomic E-state index is 9.61. The molecule has 1 aromatic rings. The van der Waals surface area contributed by atoms with Crippen LogP contribution in [0, 0.1) is 0 Å². The second kappa shape index (κ2) is 4.74. The van der Waals surface area contributed by atoms with E-state index in [0.29, 0.717) is 24.3 Å². The molecule has 0 aliphatic rings. The second-order valence-electron chi connectivity index (χ2n) is 3.09. The van der Waals surface area contributed by atoms with Gasteiger partial charge >= 0.3 is 0 Å². The van der Waals surface area contributed by atoms with E-state index in [4.69, 9.17) is 4.74 Å². The third-order valence-electron chi connectivity index (χ3n) is 2.02. The highest BCUT2D eigenvalue weighted by molar-refractivity contribution is 5.52. The van der Waals surface area contributed by atoms with Gasteiger partial charge in [-0.3, -0.25) is 0 Å². The highest BCUT2D eigenvalue weighted by Crippen LogP contribution is 2.36. The van der Waals surface area contributed by atoms with Crippen molar-refractivity contribution in [2.24, 2.45) is 0 Å². The molecular weight excluding hydrogens is 180 g/mol. The number of phenols is 2. The predicted molar refractivity (Wildman–Crippen MR) is 54.9 cm³/mol. The summed E-state index contributed by atoms with van der Waals surface area (Å²) in [6, 6.07) is 3.13. The molecular formula is C11H16O3. The van der Waals surface area contributed by atoms with E-state index in [-0.39, 0.29) is 11.5 Å². The Kier molecular flexibility index (Phi) is 3.63. The van der Waals surface area contributed by atoms with Crippen molar-refractivity contribution in [3.8, 4) is 17.2 Å². The molecule has 0 spiro atoms. The quantitative estimate of drug-likeness (QED) is 0.727. The third-order valence-corrected chi connectivity index (χ3v) is 2.02. The van der Waals surface area contributed by atoms with Crippen molar-refractivity contribution in [2.45, 2.75) is 26.7 Å². The first-order chi connectivity index (χ1) is 6.70. The van der Waals surface area contributed by atoms with Gasteiger partial charge in [0.15, 0.2) is 11.5 Å². The molecule has 0 bridgehead atoms. The Labute approximate surface area is 84.0 Å². The fourth-order valence-corrected chi connectivity index (χ4v) is 1.39. The summed E-state index contributed by atoms with van der Waals surface area (Å²) in [5.74, 6) is 0.513. The Morgan fingerprint density at radius 2 is 1.93 bits per heavy atom. The van der Waals surface area contributed by atoms with Crippen LogP contribution in [0.2, 0.25) is 0 Å². The number of hydrogen-bond donors (Lipinski definition) is 2. The first-order valence-electron chi connectivity index (χ1n) is 4.87. The Hall–Kier alpha value is -1.38. The van der Waals surface area contributed by atoms with Gasteiger partial charge in [-0.05, 0) is 25.5 Å². The minimum absolute atomic E-state index is 0.0576. The second-order valence-corrected chi connectivity index (χ2v) is 3.09. The van der Waals surface area contributed by atoms with Crippen LogP contribution in [0.4, 0.5) is 0 Å². The standard InChI is InChI=1S/C11H16O3/c1-3-5-8-10(14-4-2)7-6-9(12)11(8)13/h6-7,12-13H,3-5H2,1-2H3. The molecule has 0 unspecified atom stereocenters. The lowest BCUT2D eigenvalue weighted by Crippen LogP contribution is -1.97. The normalized spacial score (nSPS) is 10.1. The van der Waals surface area contributed by atoms with Crippen molar-refractivity contribution in [3.05, 3.63) is 17.7 Å². The molecule has 0 atom stereocenters. The van der Waals surface area contributed by atoms with Crippen molar-refractivity contribution in [1.82, 2.24) is 0 Å². The Morgan fingerprint density at radius 1 is 1.21 bits per heavy atom. The van der Waals surface area contributed by atoms with Crippen molar-refractivity contribution < 1.29 is 14.9 Å². The summed E-state index contributed by atoms with van der Waals surface area (Å²) in [5, 5.41) is 18.9. The Bertz CT molecular complexity index is 308. The average Bonchev–Trinajstić information content (AvgIpc) is 2.18. The lowest BCUT2D eigenvalue weighted by atomic mass is 10.1. The monoisotopic (exact) mass is 196 g/mol. The molecule has 0 aliphatic heterocycles. The van der Waals surface area contributed by atoms with Gasteiger partial charge < -0.3 is 14.9 Å². The highest BCUT2D eigenvalue weighted by atomic mass is 16.5. The maximum absolute atomic E-state index is 9.61. The number of rotatable bonds is 4. The third kappa shape index (κ3) is 2.10. The van der Waals surface area contributed by atoms with Crippen LogP contribution in [0.1, 0.15) is 25.8 Å². The van der Waals surface area contributed by atoms with Gasteiger partial charge in [-0.25, -0.2) is 0 Å².